The lowest BCUT2D eigenvalue weighted by Gasteiger charge is -2.17. The molecule has 1 aliphatic carbocycles. The molecular weight excluding hydrogens is 263 g/mol. The maximum Gasteiger partial charge on any atom is 0.416 e. The van der Waals surface area contributed by atoms with Crippen molar-refractivity contribution in [1.82, 2.24) is 0 Å². The predicted molar refractivity (Wildman–Crippen MR) is 56.6 cm³/mol. The highest BCUT2D eigenvalue weighted by molar-refractivity contribution is 5.54. The lowest BCUT2D eigenvalue weighted by molar-refractivity contribution is -0.138. The van der Waals surface area contributed by atoms with Crippen LogP contribution in [0.25, 0.3) is 0 Å². The summed E-state index contributed by atoms with van der Waals surface area (Å²) in [4.78, 5) is 13.9. The molecule has 19 heavy (non-hydrogen) atoms. The highest BCUT2D eigenvalue weighted by Gasteiger charge is 2.51. The average molecular weight is 271 g/mol. The van der Waals surface area contributed by atoms with Gasteiger partial charge in [-0.25, -0.2) is 4.79 Å². The Hall–Kier alpha value is -2.01. The summed E-state index contributed by atoms with van der Waals surface area (Å²) < 4.78 is 49.3. The van der Waals surface area contributed by atoms with Crippen molar-refractivity contribution in [3.8, 4) is 11.5 Å². The number of benzene rings is 1. The van der Waals surface area contributed by atoms with Crippen LogP contribution in [-0.4, -0.2) is 12.9 Å². The normalized spacial score (nSPS) is 18.9. The van der Waals surface area contributed by atoms with Crippen molar-refractivity contribution >= 4 is 6.08 Å². The topological polar surface area (TPSA) is 47.9 Å². The van der Waals surface area contributed by atoms with Crippen LogP contribution in [-0.2, 0) is 16.5 Å². The Morgan fingerprint density at radius 3 is 2.37 bits per heavy atom. The average Bonchev–Trinajstić information content (AvgIpc) is 2.97. The molecule has 0 saturated heterocycles. The van der Waals surface area contributed by atoms with E-state index in [1.165, 1.54) is 12.1 Å². The second-order valence-corrected chi connectivity index (χ2v) is 4.48. The minimum Gasteiger partial charge on any atom is -0.454 e. The van der Waals surface area contributed by atoms with Crippen LogP contribution in [0.4, 0.5) is 13.2 Å². The maximum atomic E-state index is 13.1. The van der Waals surface area contributed by atoms with Crippen LogP contribution in [0.5, 0.6) is 11.5 Å². The number of fused-ring (bicyclic) bond motifs is 1. The Morgan fingerprint density at radius 1 is 1.21 bits per heavy atom. The highest BCUT2D eigenvalue weighted by Crippen LogP contribution is 2.55. The third kappa shape index (κ3) is 1.86. The summed E-state index contributed by atoms with van der Waals surface area (Å²) in [5.41, 5.74) is -1.99. The van der Waals surface area contributed by atoms with E-state index in [1.807, 2.05) is 0 Å². The van der Waals surface area contributed by atoms with Gasteiger partial charge in [0.25, 0.3) is 0 Å². The van der Waals surface area contributed by atoms with Crippen LogP contribution in [0.3, 0.4) is 0 Å². The molecule has 0 radical (unpaired) electrons. The molecule has 1 heterocycles. The van der Waals surface area contributed by atoms with Crippen molar-refractivity contribution < 1.29 is 27.4 Å². The largest absolute Gasteiger partial charge is 0.454 e. The Balaban J connectivity index is 2.20. The first-order valence-electron chi connectivity index (χ1n) is 5.57. The molecule has 1 fully saturated rings. The lowest BCUT2D eigenvalue weighted by Crippen LogP contribution is -2.15. The van der Waals surface area contributed by atoms with Crippen molar-refractivity contribution in [2.24, 2.45) is 4.99 Å². The second-order valence-electron chi connectivity index (χ2n) is 4.48. The van der Waals surface area contributed by atoms with Gasteiger partial charge in [-0.15, -0.1) is 0 Å². The number of halogens is 3. The lowest BCUT2D eigenvalue weighted by atomic mass is 9.97. The first-order chi connectivity index (χ1) is 8.96. The molecule has 0 atom stereocenters. The van der Waals surface area contributed by atoms with E-state index in [-0.39, 0.29) is 23.9 Å². The molecule has 0 unspecified atom stereocenters. The summed E-state index contributed by atoms with van der Waals surface area (Å²) in [6.45, 7) is -0.111. The van der Waals surface area contributed by atoms with Crippen molar-refractivity contribution in [3.05, 3.63) is 23.3 Å². The van der Waals surface area contributed by atoms with E-state index in [1.54, 1.807) is 0 Å². The highest BCUT2D eigenvalue weighted by atomic mass is 19.4. The molecular formula is C12H8F3NO3. The zero-order valence-corrected chi connectivity index (χ0v) is 9.58. The zero-order chi connectivity index (χ0) is 13.7. The van der Waals surface area contributed by atoms with E-state index in [9.17, 15) is 18.0 Å². The van der Waals surface area contributed by atoms with Crippen molar-refractivity contribution in [1.29, 1.82) is 0 Å². The zero-order valence-electron chi connectivity index (χ0n) is 9.58. The van der Waals surface area contributed by atoms with Gasteiger partial charge < -0.3 is 9.47 Å². The van der Waals surface area contributed by atoms with E-state index in [0.29, 0.717) is 12.8 Å². The van der Waals surface area contributed by atoms with Gasteiger partial charge in [0.15, 0.2) is 11.5 Å². The Kier molecular flexibility index (Phi) is 2.37. The maximum absolute atomic E-state index is 13.1. The Labute approximate surface area is 105 Å². The SMILES string of the molecule is O=C=NC1(c2cc3c(cc2C(F)(F)F)OCO3)CC1. The van der Waals surface area contributed by atoms with Crippen LogP contribution in [0, 0.1) is 0 Å². The Morgan fingerprint density at radius 2 is 1.84 bits per heavy atom. The Bertz CT molecular complexity index is 587. The number of hydrogen-bond acceptors (Lipinski definition) is 4. The summed E-state index contributed by atoms with van der Waals surface area (Å²) in [6.07, 6.45) is -2.40. The van der Waals surface area contributed by atoms with Crippen molar-refractivity contribution in [2.45, 2.75) is 24.6 Å². The van der Waals surface area contributed by atoms with Crippen LogP contribution < -0.4 is 9.47 Å². The molecule has 100 valence electrons. The molecule has 7 heteroatoms. The van der Waals surface area contributed by atoms with Crippen molar-refractivity contribution in [3.63, 3.8) is 0 Å². The third-order valence-electron chi connectivity index (χ3n) is 3.30. The standard InChI is InChI=1S/C12H8F3NO3/c13-12(14,15)8-4-10-9(18-6-19-10)3-7(8)11(1-2-11)16-5-17/h3-4H,1-2,6H2. The van der Waals surface area contributed by atoms with Gasteiger partial charge >= 0.3 is 6.18 Å². The fourth-order valence-electron chi connectivity index (χ4n) is 2.21. The molecule has 2 aliphatic rings. The molecule has 0 spiro atoms. The van der Waals surface area contributed by atoms with Gasteiger partial charge in [-0.1, -0.05) is 0 Å². The fraction of sp³-hybridized carbons (Fsp3) is 0.417. The summed E-state index contributed by atoms with van der Waals surface area (Å²) in [7, 11) is 0. The first-order valence-corrected chi connectivity index (χ1v) is 5.57. The molecule has 1 aromatic rings. The monoisotopic (exact) mass is 271 g/mol. The predicted octanol–water partition coefficient (Wildman–Crippen LogP) is 2.76. The number of alkyl halides is 3. The van der Waals surface area contributed by atoms with Gasteiger partial charge in [-0.3, -0.25) is 0 Å². The smallest absolute Gasteiger partial charge is 0.416 e. The number of nitrogens with zero attached hydrogens (tertiary/aromatic N) is 1. The van der Waals surface area contributed by atoms with E-state index < -0.39 is 17.3 Å². The third-order valence-corrected chi connectivity index (χ3v) is 3.30. The summed E-state index contributed by atoms with van der Waals surface area (Å²) in [5.74, 6) is 0.303. The van der Waals surface area contributed by atoms with Gasteiger partial charge in [0.1, 0.15) is 0 Å². The van der Waals surface area contributed by atoms with E-state index in [2.05, 4.69) is 4.99 Å². The van der Waals surface area contributed by atoms with E-state index in [4.69, 9.17) is 9.47 Å². The number of isocyanates is 1. The molecule has 0 bridgehead atoms. The number of hydrogen-bond donors (Lipinski definition) is 0. The first kappa shape index (κ1) is 12.0. The van der Waals surface area contributed by atoms with Gasteiger partial charge in [0, 0.05) is 0 Å². The second kappa shape index (κ2) is 3.74. The fourth-order valence-corrected chi connectivity index (χ4v) is 2.21. The molecule has 1 saturated carbocycles. The molecule has 0 N–H and O–H groups in total. The minimum absolute atomic E-state index is 0.0485. The van der Waals surface area contributed by atoms with Crippen LogP contribution in [0.15, 0.2) is 17.1 Å². The number of rotatable bonds is 2. The van der Waals surface area contributed by atoms with Gasteiger partial charge in [-0.2, -0.15) is 18.2 Å². The molecule has 0 aromatic heterocycles. The number of ether oxygens (including phenoxy) is 2. The molecule has 3 rings (SSSR count). The minimum atomic E-state index is -4.54. The molecule has 4 nitrogen and oxygen atoms in total. The number of aliphatic imine (C=N–C) groups is 1. The molecule has 0 amide bonds. The number of carbonyl (C=O) groups excluding carboxylic acids is 1. The van der Waals surface area contributed by atoms with Gasteiger partial charge in [0.05, 0.1) is 11.1 Å². The van der Waals surface area contributed by atoms with Crippen LogP contribution in [0.1, 0.15) is 24.0 Å². The molecule has 1 aliphatic heterocycles. The molecule has 1 aromatic carbocycles. The summed E-state index contributed by atoms with van der Waals surface area (Å²) in [6, 6.07) is 2.16. The van der Waals surface area contributed by atoms with Crippen LogP contribution >= 0.6 is 0 Å². The summed E-state index contributed by atoms with van der Waals surface area (Å²) >= 11 is 0. The van der Waals surface area contributed by atoms with Crippen LogP contribution in [0.2, 0.25) is 0 Å². The van der Waals surface area contributed by atoms with E-state index in [0.717, 1.165) is 6.07 Å². The van der Waals surface area contributed by atoms with Gasteiger partial charge in [0.2, 0.25) is 12.9 Å². The quantitative estimate of drug-likeness (QED) is 0.613. The van der Waals surface area contributed by atoms with E-state index >= 15 is 0 Å². The van der Waals surface area contributed by atoms with Crippen molar-refractivity contribution in [2.75, 3.05) is 6.79 Å². The van der Waals surface area contributed by atoms with Gasteiger partial charge in [-0.05, 0) is 30.5 Å². The summed E-state index contributed by atoms with van der Waals surface area (Å²) in [5, 5.41) is 0.